The van der Waals surface area contributed by atoms with Gasteiger partial charge < -0.3 is 10.5 Å². The molecule has 1 aliphatic rings. The highest BCUT2D eigenvalue weighted by molar-refractivity contribution is 5.25. The van der Waals surface area contributed by atoms with Crippen LogP contribution in [0.3, 0.4) is 0 Å². The van der Waals surface area contributed by atoms with E-state index in [0.29, 0.717) is 5.56 Å². The number of rotatable bonds is 3. The minimum atomic E-state index is -4.31. The maximum atomic E-state index is 12.6. The molecule has 5 heteroatoms. The van der Waals surface area contributed by atoms with E-state index in [1.807, 2.05) is 0 Å². The molecule has 0 radical (unpaired) electrons. The van der Waals surface area contributed by atoms with Crippen LogP contribution in [-0.2, 0) is 17.5 Å². The Labute approximate surface area is 110 Å². The average Bonchev–Trinajstić information content (AvgIpc) is 2.37. The zero-order valence-corrected chi connectivity index (χ0v) is 10.6. The van der Waals surface area contributed by atoms with Gasteiger partial charge in [-0.3, -0.25) is 0 Å². The third-order valence-corrected chi connectivity index (χ3v) is 3.47. The number of nitrogens with two attached hydrogens (primary N) is 1. The maximum Gasteiger partial charge on any atom is 0.416 e. The van der Waals surface area contributed by atoms with E-state index < -0.39 is 11.7 Å². The van der Waals surface area contributed by atoms with Gasteiger partial charge in [-0.1, -0.05) is 25.0 Å². The first kappa shape index (κ1) is 14.3. The first-order chi connectivity index (χ1) is 8.97. The van der Waals surface area contributed by atoms with Crippen LogP contribution in [0.2, 0.25) is 0 Å². The Morgan fingerprint density at radius 1 is 1.21 bits per heavy atom. The highest BCUT2D eigenvalue weighted by atomic mass is 19.4. The standard InChI is InChI=1S/C14H18F3NO/c15-14(16,17)11-5-3-4-10(8-11)9-19-13-7-2-1-6-12(13)18/h3-5,8,12-13H,1-2,6-7,9,18H2. The summed E-state index contributed by atoms with van der Waals surface area (Å²) >= 11 is 0. The van der Waals surface area contributed by atoms with Crippen LogP contribution in [0.4, 0.5) is 13.2 Å². The van der Waals surface area contributed by atoms with Crippen LogP contribution >= 0.6 is 0 Å². The highest BCUT2D eigenvalue weighted by Gasteiger charge is 2.30. The molecule has 1 fully saturated rings. The second-order valence-electron chi connectivity index (χ2n) is 5.00. The van der Waals surface area contributed by atoms with Gasteiger partial charge in [0.05, 0.1) is 18.3 Å². The molecular weight excluding hydrogens is 255 g/mol. The minimum Gasteiger partial charge on any atom is -0.372 e. The second kappa shape index (κ2) is 5.92. The van der Waals surface area contributed by atoms with Crippen LogP contribution in [0.1, 0.15) is 36.8 Å². The molecular formula is C14H18F3NO. The predicted molar refractivity (Wildman–Crippen MR) is 66.5 cm³/mol. The van der Waals surface area contributed by atoms with Gasteiger partial charge in [0.2, 0.25) is 0 Å². The number of alkyl halides is 3. The Bertz CT molecular complexity index is 419. The second-order valence-corrected chi connectivity index (χ2v) is 5.00. The molecule has 2 atom stereocenters. The summed E-state index contributed by atoms with van der Waals surface area (Å²) in [6.07, 6.45) is -0.362. The zero-order valence-electron chi connectivity index (χ0n) is 10.6. The molecule has 2 nitrogen and oxygen atoms in total. The summed E-state index contributed by atoms with van der Waals surface area (Å²) in [4.78, 5) is 0. The van der Waals surface area contributed by atoms with E-state index in [0.717, 1.165) is 37.8 Å². The van der Waals surface area contributed by atoms with Gasteiger partial charge in [0, 0.05) is 6.04 Å². The molecule has 0 amide bonds. The lowest BCUT2D eigenvalue weighted by molar-refractivity contribution is -0.137. The Kier molecular flexibility index (Phi) is 4.47. The number of benzene rings is 1. The molecule has 19 heavy (non-hydrogen) atoms. The fourth-order valence-corrected chi connectivity index (χ4v) is 2.37. The van der Waals surface area contributed by atoms with Crippen LogP contribution in [0.25, 0.3) is 0 Å². The molecule has 106 valence electrons. The Morgan fingerprint density at radius 3 is 2.63 bits per heavy atom. The molecule has 0 aliphatic heterocycles. The van der Waals surface area contributed by atoms with Crippen molar-refractivity contribution in [3.8, 4) is 0 Å². The average molecular weight is 273 g/mol. The zero-order chi connectivity index (χ0) is 13.9. The summed E-state index contributed by atoms with van der Waals surface area (Å²) in [6, 6.07) is 5.25. The lowest BCUT2D eigenvalue weighted by Gasteiger charge is -2.28. The van der Waals surface area contributed by atoms with E-state index in [1.54, 1.807) is 6.07 Å². The fourth-order valence-electron chi connectivity index (χ4n) is 2.37. The molecule has 0 aromatic heterocycles. The third kappa shape index (κ3) is 3.94. The van der Waals surface area contributed by atoms with Gasteiger partial charge in [0.15, 0.2) is 0 Å². The van der Waals surface area contributed by atoms with Gasteiger partial charge in [-0.15, -0.1) is 0 Å². The molecule has 1 aliphatic carbocycles. The minimum absolute atomic E-state index is 0.000418. The highest BCUT2D eigenvalue weighted by Crippen LogP contribution is 2.30. The van der Waals surface area contributed by atoms with Crippen molar-refractivity contribution in [1.82, 2.24) is 0 Å². The molecule has 0 spiro atoms. The van der Waals surface area contributed by atoms with Crippen molar-refractivity contribution < 1.29 is 17.9 Å². The number of ether oxygens (including phenoxy) is 1. The van der Waals surface area contributed by atoms with Gasteiger partial charge in [-0.25, -0.2) is 0 Å². The largest absolute Gasteiger partial charge is 0.416 e. The number of hydrogen-bond acceptors (Lipinski definition) is 2. The summed E-state index contributed by atoms with van der Waals surface area (Å²) in [5.41, 5.74) is 5.83. The van der Waals surface area contributed by atoms with Crippen LogP contribution in [0.15, 0.2) is 24.3 Å². The first-order valence-electron chi connectivity index (χ1n) is 6.50. The summed E-state index contributed by atoms with van der Waals surface area (Å²) in [5.74, 6) is 0. The summed E-state index contributed by atoms with van der Waals surface area (Å²) in [6.45, 7) is 0.183. The van der Waals surface area contributed by atoms with Crippen LogP contribution < -0.4 is 5.73 Å². The van der Waals surface area contributed by atoms with Crippen LogP contribution in [0.5, 0.6) is 0 Å². The Balaban J connectivity index is 1.96. The van der Waals surface area contributed by atoms with E-state index in [-0.39, 0.29) is 18.8 Å². The van der Waals surface area contributed by atoms with Crippen molar-refractivity contribution in [3.05, 3.63) is 35.4 Å². The molecule has 1 aromatic rings. The van der Waals surface area contributed by atoms with Gasteiger partial charge in [0.25, 0.3) is 0 Å². The van der Waals surface area contributed by atoms with E-state index in [9.17, 15) is 13.2 Å². The van der Waals surface area contributed by atoms with Crippen molar-refractivity contribution >= 4 is 0 Å². The van der Waals surface area contributed by atoms with Crippen molar-refractivity contribution in [2.45, 2.75) is 50.6 Å². The maximum absolute atomic E-state index is 12.6. The van der Waals surface area contributed by atoms with Crippen molar-refractivity contribution in [2.75, 3.05) is 0 Å². The molecule has 2 N–H and O–H groups in total. The van der Waals surface area contributed by atoms with Crippen molar-refractivity contribution in [2.24, 2.45) is 5.73 Å². The monoisotopic (exact) mass is 273 g/mol. The molecule has 1 aromatic carbocycles. The molecule has 2 rings (SSSR count). The topological polar surface area (TPSA) is 35.2 Å². The Morgan fingerprint density at radius 2 is 1.95 bits per heavy atom. The van der Waals surface area contributed by atoms with Crippen molar-refractivity contribution in [3.63, 3.8) is 0 Å². The first-order valence-corrected chi connectivity index (χ1v) is 6.50. The molecule has 2 unspecified atom stereocenters. The van der Waals surface area contributed by atoms with E-state index >= 15 is 0 Å². The molecule has 0 bridgehead atoms. The van der Waals surface area contributed by atoms with Crippen LogP contribution in [-0.4, -0.2) is 12.1 Å². The SMILES string of the molecule is NC1CCCCC1OCc1cccc(C(F)(F)F)c1. The summed E-state index contributed by atoms with van der Waals surface area (Å²) < 4.78 is 43.3. The van der Waals surface area contributed by atoms with Crippen molar-refractivity contribution in [1.29, 1.82) is 0 Å². The smallest absolute Gasteiger partial charge is 0.372 e. The summed E-state index contributed by atoms with van der Waals surface area (Å²) in [7, 11) is 0. The van der Waals surface area contributed by atoms with Gasteiger partial charge in [0.1, 0.15) is 0 Å². The lowest BCUT2D eigenvalue weighted by Crippen LogP contribution is -2.39. The van der Waals surface area contributed by atoms with E-state index in [1.165, 1.54) is 6.07 Å². The fraction of sp³-hybridized carbons (Fsp3) is 0.571. The lowest BCUT2D eigenvalue weighted by atomic mass is 9.93. The summed E-state index contributed by atoms with van der Waals surface area (Å²) in [5, 5.41) is 0. The van der Waals surface area contributed by atoms with E-state index in [2.05, 4.69) is 0 Å². The third-order valence-electron chi connectivity index (χ3n) is 3.47. The van der Waals surface area contributed by atoms with E-state index in [4.69, 9.17) is 10.5 Å². The molecule has 0 heterocycles. The quantitative estimate of drug-likeness (QED) is 0.915. The number of hydrogen-bond donors (Lipinski definition) is 1. The molecule has 1 saturated carbocycles. The Hall–Kier alpha value is -1.07. The number of halogens is 3. The predicted octanol–water partition coefficient (Wildman–Crippen LogP) is 3.49. The molecule has 0 saturated heterocycles. The van der Waals surface area contributed by atoms with Gasteiger partial charge in [-0.2, -0.15) is 13.2 Å². The van der Waals surface area contributed by atoms with Gasteiger partial charge >= 0.3 is 6.18 Å². The van der Waals surface area contributed by atoms with Crippen LogP contribution in [0, 0.1) is 0 Å². The normalized spacial score (nSPS) is 24.4. The van der Waals surface area contributed by atoms with Gasteiger partial charge in [-0.05, 0) is 30.5 Å².